The molecule has 1 heterocycles. The van der Waals surface area contributed by atoms with Gasteiger partial charge in [-0.05, 0) is 38.1 Å². The van der Waals surface area contributed by atoms with E-state index in [1.54, 1.807) is 12.3 Å². The lowest BCUT2D eigenvalue weighted by molar-refractivity contribution is -0.120. The van der Waals surface area contributed by atoms with Gasteiger partial charge in [0, 0.05) is 19.3 Å². The molecule has 5 heteroatoms. The van der Waals surface area contributed by atoms with Crippen LogP contribution in [0.2, 0.25) is 0 Å². The van der Waals surface area contributed by atoms with Gasteiger partial charge in [0.1, 0.15) is 5.25 Å². The van der Waals surface area contributed by atoms with E-state index in [2.05, 4.69) is 35.6 Å². The zero-order valence-corrected chi connectivity index (χ0v) is 14.4. The topological polar surface area (TPSA) is 45.2 Å². The second-order valence-electron chi connectivity index (χ2n) is 5.11. The minimum atomic E-state index is -0.159. The average molecular weight is 321 g/mol. The Hall–Kier alpha value is -1.33. The number of nitrogens with zero attached hydrogens (tertiary/aromatic N) is 2. The van der Waals surface area contributed by atoms with Crippen LogP contribution in [0.4, 0.5) is 0 Å². The Balaban J connectivity index is 2.75. The fraction of sp³-hybridized carbons (Fsp3) is 0.529. The SMILES string of the molecule is C=CCNC(=O)C(CN(CCC)CCC)Sc1ccccn1. The first-order valence-electron chi connectivity index (χ1n) is 7.89. The summed E-state index contributed by atoms with van der Waals surface area (Å²) < 4.78 is 0. The number of rotatable bonds is 11. The molecule has 0 aliphatic carbocycles. The van der Waals surface area contributed by atoms with Crippen molar-refractivity contribution in [1.82, 2.24) is 15.2 Å². The summed E-state index contributed by atoms with van der Waals surface area (Å²) in [7, 11) is 0. The molecule has 0 saturated heterocycles. The molecule has 0 spiro atoms. The van der Waals surface area contributed by atoms with E-state index in [1.807, 2.05) is 18.2 Å². The zero-order chi connectivity index (χ0) is 16.2. The van der Waals surface area contributed by atoms with Gasteiger partial charge in [-0.1, -0.05) is 37.8 Å². The molecule has 1 aromatic heterocycles. The second kappa shape index (κ2) is 11.3. The predicted molar refractivity (Wildman–Crippen MR) is 94.1 cm³/mol. The van der Waals surface area contributed by atoms with Crippen LogP contribution in [-0.2, 0) is 4.79 Å². The third kappa shape index (κ3) is 7.09. The van der Waals surface area contributed by atoms with Crippen molar-refractivity contribution in [3.8, 4) is 0 Å². The van der Waals surface area contributed by atoms with Crippen molar-refractivity contribution in [3.63, 3.8) is 0 Å². The molecule has 0 aliphatic rings. The highest BCUT2D eigenvalue weighted by atomic mass is 32.2. The van der Waals surface area contributed by atoms with Crippen molar-refractivity contribution in [3.05, 3.63) is 37.1 Å². The van der Waals surface area contributed by atoms with Crippen LogP contribution in [0.25, 0.3) is 0 Å². The van der Waals surface area contributed by atoms with Gasteiger partial charge in [0.25, 0.3) is 0 Å². The quantitative estimate of drug-likeness (QED) is 0.503. The minimum Gasteiger partial charge on any atom is -0.352 e. The summed E-state index contributed by atoms with van der Waals surface area (Å²) in [5, 5.41) is 3.63. The summed E-state index contributed by atoms with van der Waals surface area (Å²) in [5.41, 5.74) is 0. The largest absolute Gasteiger partial charge is 0.352 e. The molecule has 0 bridgehead atoms. The highest BCUT2D eigenvalue weighted by Crippen LogP contribution is 2.22. The molecule has 122 valence electrons. The number of thioether (sulfide) groups is 1. The fourth-order valence-corrected chi connectivity index (χ4v) is 3.23. The number of amides is 1. The normalized spacial score (nSPS) is 12.1. The third-order valence-electron chi connectivity index (χ3n) is 3.12. The molecule has 1 unspecified atom stereocenters. The molecule has 1 aromatic rings. The number of hydrogen-bond acceptors (Lipinski definition) is 4. The Kier molecular flexibility index (Phi) is 9.59. The molecule has 0 aromatic carbocycles. The maximum absolute atomic E-state index is 12.4. The molecule has 0 aliphatic heterocycles. The molecule has 4 nitrogen and oxygen atoms in total. The summed E-state index contributed by atoms with van der Waals surface area (Å²) in [5.74, 6) is 0.0489. The maximum Gasteiger partial charge on any atom is 0.235 e. The zero-order valence-electron chi connectivity index (χ0n) is 13.6. The van der Waals surface area contributed by atoms with Crippen LogP contribution in [0.5, 0.6) is 0 Å². The van der Waals surface area contributed by atoms with E-state index in [0.717, 1.165) is 37.5 Å². The van der Waals surface area contributed by atoms with E-state index < -0.39 is 0 Å². The number of hydrogen-bond donors (Lipinski definition) is 1. The molecule has 1 rings (SSSR count). The smallest absolute Gasteiger partial charge is 0.235 e. The van der Waals surface area contributed by atoms with E-state index in [0.29, 0.717) is 6.54 Å². The maximum atomic E-state index is 12.4. The van der Waals surface area contributed by atoms with Crippen LogP contribution < -0.4 is 5.32 Å². The molecular formula is C17H27N3OS. The molecule has 0 radical (unpaired) electrons. The Morgan fingerprint density at radius 2 is 2.14 bits per heavy atom. The van der Waals surface area contributed by atoms with E-state index in [9.17, 15) is 4.79 Å². The van der Waals surface area contributed by atoms with Crippen molar-refractivity contribution >= 4 is 17.7 Å². The van der Waals surface area contributed by atoms with E-state index in [-0.39, 0.29) is 11.2 Å². The molecule has 0 saturated carbocycles. The number of aromatic nitrogens is 1. The van der Waals surface area contributed by atoms with Gasteiger partial charge in [-0.2, -0.15) is 0 Å². The Bertz CT molecular complexity index is 433. The fourth-order valence-electron chi connectivity index (χ4n) is 2.18. The summed E-state index contributed by atoms with van der Waals surface area (Å²) in [4.78, 5) is 19.1. The van der Waals surface area contributed by atoms with Crippen molar-refractivity contribution in [2.45, 2.75) is 37.0 Å². The van der Waals surface area contributed by atoms with Crippen LogP contribution in [0.3, 0.4) is 0 Å². The first-order valence-corrected chi connectivity index (χ1v) is 8.77. The van der Waals surface area contributed by atoms with Gasteiger partial charge in [0.15, 0.2) is 0 Å². The van der Waals surface area contributed by atoms with Gasteiger partial charge in [-0.25, -0.2) is 4.98 Å². The van der Waals surface area contributed by atoms with Crippen molar-refractivity contribution < 1.29 is 4.79 Å². The number of carbonyl (C=O) groups is 1. The summed E-state index contributed by atoms with van der Waals surface area (Å²) in [6.07, 6.45) is 5.65. The second-order valence-corrected chi connectivity index (χ2v) is 6.33. The number of pyridine rings is 1. The van der Waals surface area contributed by atoms with E-state index >= 15 is 0 Å². The van der Waals surface area contributed by atoms with Crippen LogP contribution in [0.15, 0.2) is 42.1 Å². The molecule has 1 amide bonds. The van der Waals surface area contributed by atoms with Gasteiger partial charge in [0.05, 0.1) is 5.03 Å². The van der Waals surface area contributed by atoms with Gasteiger partial charge < -0.3 is 10.2 Å². The van der Waals surface area contributed by atoms with Crippen LogP contribution in [0, 0.1) is 0 Å². The Labute approximate surface area is 138 Å². The summed E-state index contributed by atoms with van der Waals surface area (Å²) in [6, 6.07) is 5.78. The Morgan fingerprint density at radius 3 is 2.68 bits per heavy atom. The molecule has 0 fully saturated rings. The van der Waals surface area contributed by atoms with Crippen LogP contribution in [-0.4, -0.2) is 47.2 Å². The van der Waals surface area contributed by atoms with E-state index in [4.69, 9.17) is 0 Å². The highest BCUT2D eigenvalue weighted by Gasteiger charge is 2.22. The summed E-state index contributed by atoms with van der Waals surface area (Å²) >= 11 is 1.53. The highest BCUT2D eigenvalue weighted by molar-refractivity contribution is 8.00. The molecule has 1 atom stereocenters. The summed E-state index contributed by atoms with van der Waals surface area (Å²) in [6.45, 7) is 11.3. The van der Waals surface area contributed by atoms with E-state index in [1.165, 1.54) is 11.8 Å². The van der Waals surface area contributed by atoms with Crippen molar-refractivity contribution in [2.24, 2.45) is 0 Å². The first kappa shape index (κ1) is 18.7. The number of nitrogens with one attached hydrogen (secondary N) is 1. The third-order valence-corrected chi connectivity index (χ3v) is 4.25. The molecule has 1 N–H and O–H groups in total. The average Bonchev–Trinajstić information content (AvgIpc) is 2.53. The lowest BCUT2D eigenvalue weighted by atomic mass is 10.3. The standard InChI is InChI=1S/C17H27N3OS/c1-4-10-19-17(21)15(14-20(12-5-2)13-6-3)22-16-9-7-8-11-18-16/h4,7-9,11,15H,1,5-6,10,12-14H2,2-3H3,(H,19,21). The van der Waals surface area contributed by atoms with Gasteiger partial charge >= 0.3 is 0 Å². The lowest BCUT2D eigenvalue weighted by Gasteiger charge is -2.25. The number of carbonyl (C=O) groups excluding carboxylic acids is 1. The lowest BCUT2D eigenvalue weighted by Crippen LogP contribution is -2.41. The first-order chi connectivity index (χ1) is 10.7. The van der Waals surface area contributed by atoms with Gasteiger partial charge in [-0.3, -0.25) is 4.79 Å². The van der Waals surface area contributed by atoms with Gasteiger partial charge in [0.2, 0.25) is 5.91 Å². The van der Waals surface area contributed by atoms with Crippen molar-refractivity contribution in [1.29, 1.82) is 0 Å². The molecular weight excluding hydrogens is 294 g/mol. The minimum absolute atomic E-state index is 0.0489. The van der Waals surface area contributed by atoms with Gasteiger partial charge in [-0.15, -0.1) is 6.58 Å². The van der Waals surface area contributed by atoms with Crippen LogP contribution >= 0.6 is 11.8 Å². The predicted octanol–water partition coefficient (Wildman–Crippen LogP) is 2.97. The Morgan fingerprint density at radius 1 is 1.41 bits per heavy atom. The monoisotopic (exact) mass is 321 g/mol. The van der Waals surface area contributed by atoms with Crippen molar-refractivity contribution in [2.75, 3.05) is 26.2 Å². The van der Waals surface area contributed by atoms with Crippen LogP contribution in [0.1, 0.15) is 26.7 Å². The molecule has 22 heavy (non-hydrogen) atoms.